The lowest BCUT2D eigenvalue weighted by Crippen LogP contribution is -2.40. The highest BCUT2D eigenvalue weighted by molar-refractivity contribution is 5.96. The molecule has 27 heavy (non-hydrogen) atoms. The summed E-state index contributed by atoms with van der Waals surface area (Å²) in [4.78, 5) is 25.2. The van der Waals surface area contributed by atoms with E-state index in [2.05, 4.69) is 5.32 Å². The summed E-state index contributed by atoms with van der Waals surface area (Å²) in [5.41, 5.74) is -0.489. The molecule has 3 rings (SSSR count). The molecule has 1 N–H and O–H groups in total. The highest BCUT2D eigenvalue weighted by Gasteiger charge is 2.46. The van der Waals surface area contributed by atoms with E-state index in [9.17, 15) is 18.4 Å². The molecule has 2 aromatic carbocycles. The third-order valence-corrected chi connectivity index (χ3v) is 4.98. The molecule has 1 fully saturated rings. The summed E-state index contributed by atoms with van der Waals surface area (Å²) in [6.45, 7) is 1.44. The zero-order chi connectivity index (χ0) is 19.4. The maximum absolute atomic E-state index is 14.3. The fourth-order valence-corrected chi connectivity index (χ4v) is 3.55. The lowest BCUT2D eigenvalue weighted by atomic mass is 9.78. The molecular weight excluding hydrogens is 352 g/mol. The summed E-state index contributed by atoms with van der Waals surface area (Å²) >= 11 is 0. The van der Waals surface area contributed by atoms with E-state index >= 15 is 0 Å². The number of hydrogen-bond donors (Lipinski definition) is 1. The van der Waals surface area contributed by atoms with Gasteiger partial charge in [0.25, 0.3) is 5.91 Å². The maximum atomic E-state index is 14.3. The number of benzene rings is 2. The molecule has 1 aliphatic carbocycles. The van der Waals surface area contributed by atoms with Crippen molar-refractivity contribution in [2.75, 3.05) is 5.32 Å². The standard InChI is InChI=1S/C21H21F2NO3/c1-14(19(25)24-16-8-6-7-15(22)13-16)27-20(26)21(11-4-5-12-21)17-9-2-3-10-18(17)23/h2-3,6-10,13-14H,4-5,11-12H2,1H3,(H,24,25)/t14-/m1/s1. The van der Waals surface area contributed by atoms with Crippen LogP contribution in [-0.2, 0) is 19.7 Å². The molecule has 1 atom stereocenters. The SMILES string of the molecule is C[C@@H](OC(=O)C1(c2ccccc2F)CCCC1)C(=O)Nc1cccc(F)c1. The van der Waals surface area contributed by atoms with Crippen molar-refractivity contribution in [1.29, 1.82) is 0 Å². The van der Waals surface area contributed by atoms with Crippen molar-refractivity contribution in [2.45, 2.75) is 44.1 Å². The van der Waals surface area contributed by atoms with Gasteiger partial charge in [0.2, 0.25) is 0 Å². The minimum absolute atomic E-state index is 0.271. The smallest absolute Gasteiger partial charge is 0.317 e. The summed E-state index contributed by atoms with van der Waals surface area (Å²) in [5.74, 6) is -2.11. The number of hydrogen-bond acceptors (Lipinski definition) is 3. The van der Waals surface area contributed by atoms with Crippen molar-refractivity contribution in [2.24, 2.45) is 0 Å². The quantitative estimate of drug-likeness (QED) is 0.793. The molecule has 0 aromatic heterocycles. The van der Waals surface area contributed by atoms with E-state index in [-0.39, 0.29) is 5.69 Å². The molecule has 1 saturated carbocycles. The van der Waals surface area contributed by atoms with Crippen LogP contribution in [-0.4, -0.2) is 18.0 Å². The fourth-order valence-electron chi connectivity index (χ4n) is 3.55. The van der Waals surface area contributed by atoms with E-state index in [1.54, 1.807) is 18.2 Å². The summed E-state index contributed by atoms with van der Waals surface area (Å²) in [6.07, 6.45) is 1.43. The molecule has 2 aromatic rings. The molecule has 0 spiro atoms. The first-order chi connectivity index (χ1) is 12.9. The Morgan fingerprint density at radius 3 is 2.44 bits per heavy atom. The van der Waals surface area contributed by atoms with Crippen molar-refractivity contribution < 1.29 is 23.1 Å². The number of halogens is 2. The molecule has 6 heteroatoms. The normalized spacial score (nSPS) is 16.6. The summed E-state index contributed by atoms with van der Waals surface area (Å²) < 4.78 is 33.0. The number of rotatable bonds is 5. The van der Waals surface area contributed by atoms with Crippen molar-refractivity contribution in [3.05, 3.63) is 65.7 Å². The van der Waals surface area contributed by atoms with Crippen LogP contribution in [0.3, 0.4) is 0 Å². The van der Waals surface area contributed by atoms with Crippen molar-refractivity contribution in [3.63, 3.8) is 0 Å². The second-order valence-electron chi connectivity index (χ2n) is 6.82. The van der Waals surface area contributed by atoms with Gasteiger partial charge in [-0.2, -0.15) is 0 Å². The van der Waals surface area contributed by atoms with Gasteiger partial charge in [0, 0.05) is 11.3 Å². The van der Waals surface area contributed by atoms with Gasteiger partial charge in [-0.3, -0.25) is 9.59 Å². The third-order valence-electron chi connectivity index (χ3n) is 4.98. The fraction of sp³-hybridized carbons (Fsp3) is 0.333. The summed E-state index contributed by atoms with van der Waals surface area (Å²) in [5, 5.41) is 2.51. The van der Waals surface area contributed by atoms with Gasteiger partial charge in [-0.1, -0.05) is 37.1 Å². The van der Waals surface area contributed by atoms with Crippen molar-refractivity contribution in [1.82, 2.24) is 0 Å². The molecule has 0 heterocycles. The van der Waals surface area contributed by atoms with Crippen LogP contribution in [0, 0.1) is 11.6 Å². The van der Waals surface area contributed by atoms with Crippen LogP contribution in [0.5, 0.6) is 0 Å². The van der Waals surface area contributed by atoms with E-state index in [1.807, 2.05) is 0 Å². The topological polar surface area (TPSA) is 55.4 Å². The number of amides is 1. The molecule has 0 unspecified atom stereocenters. The van der Waals surface area contributed by atoms with Gasteiger partial charge >= 0.3 is 5.97 Å². The molecule has 1 amide bonds. The highest BCUT2D eigenvalue weighted by Crippen LogP contribution is 2.43. The monoisotopic (exact) mass is 373 g/mol. The zero-order valence-corrected chi connectivity index (χ0v) is 15.0. The molecule has 0 radical (unpaired) electrons. The first-order valence-corrected chi connectivity index (χ1v) is 8.95. The van der Waals surface area contributed by atoms with Gasteiger partial charge in [-0.05, 0) is 44.0 Å². The summed E-state index contributed by atoms with van der Waals surface area (Å²) in [6, 6.07) is 11.6. The van der Waals surface area contributed by atoms with E-state index in [1.165, 1.54) is 37.3 Å². The van der Waals surface area contributed by atoms with Gasteiger partial charge in [0.15, 0.2) is 6.10 Å². The van der Waals surface area contributed by atoms with Crippen LogP contribution in [0.25, 0.3) is 0 Å². The number of nitrogens with one attached hydrogen (secondary N) is 1. The van der Waals surface area contributed by atoms with Crippen LogP contribution in [0.4, 0.5) is 14.5 Å². The molecule has 1 aliphatic rings. The Morgan fingerprint density at radius 2 is 1.78 bits per heavy atom. The molecular formula is C21H21F2NO3. The third kappa shape index (κ3) is 3.99. The first kappa shape index (κ1) is 19.0. The van der Waals surface area contributed by atoms with Crippen molar-refractivity contribution in [3.8, 4) is 0 Å². The van der Waals surface area contributed by atoms with Crippen LogP contribution >= 0.6 is 0 Å². The largest absolute Gasteiger partial charge is 0.452 e. The Kier molecular flexibility index (Phi) is 5.54. The van der Waals surface area contributed by atoms with Gasteiger partial charge < -0.3 is 10.1 Å². The van der Waals surface area contributed by atoms with Crippen LogP contribution < -0.4 is 5.32 Å². The highest BCUT2D eigenvalue weighted by atomic mass is 19.1. The molecule has 0 aliphatic heterocycles. The second-order valence-corrected chi connectivity index (χ2v) is 6.82. The van der Waals surface area contributed by atoms with Gasteiger partial charge in [0.05, 0.1) is 5.41 Å². The van der Waals surface area contributed by atoms with Gasteiger partial charge in [0.1, 0.15) is 11.6 Å². The molecule has 0 bridgehead atoms. The Hall–Kier alpha value is -2.76. The Morgan fingerprint density at radius 1 is 1.07 bits per heavy atom. The van der Waals surface area contributed by atoms with E-state index in [0.717, 1.165) is 12.8 Å². The van der Waals surface area contributed by atoms with E-state index in [4.69, 9.17) is 4.74 Å². The Bertz CT molecular complexity index is 847. The summed E-state index contributed by atoms with van der Waals surface area (Å²) in [7, 11) is 0. The average molecular weight is 373 g/mol. The lowest BCUT2D eigenvalue weighted by Gasteiger charge is -2.29. The van der Waals surface area contributed by atoms with Crippen LogP contribution in [0.15, 0.2) is 48.5 Å². The molecule has 0 saturated heterocycles. The molecule has 142 valence electrons. The number of esters is 1. The predicted octanol–water partition coefficient (Wildman–Crippen LogP) is 4.35. The van der Waals surface area contributed by atoms with Gasteiger partial charge in [-0.25, -0.2) is 8.78 Å². The zero-order valence-electron chi connectivity index (χ0n) is 15.0. The first-order valence-electron chi connectivity index (χ1n) is 8.95. The Balaban J connectivity index is 1.74. The second kappa shape index (κ2) is 7.86. The average Bonchev–Trinajstić information content (AvgIpc) is 3.13. The number of anilines is 1. The minimum atomic E-state index is -1.09. The van der Waals surface area contributed by atoms with Crippen LogP contribution in [0.2, 0.25) is 0 Å². The van der Waals surface area contributed by atoms with E-state index in [0.29, 0.717) is 18.4 Å². The Labute approximate surface area is 156 Å². The van der Waals surface area contributed by atoms with E-state index < -0.39 is 35.0 Å². The number of carbonyl (C=O) groups excluding carboxylic acids is 2. The number of ether oxygens (including phenoxy) is 1. The van der Waals surface area contributed by atoms with Crippen molar-refractivity contribution >= 4 is 17.6 Å². The van der Waals surface area contributed by atoms with Crippen LogP contribution in [0.1, 0.15) is 38.2 Å². The number of carbonyl (C=O) groups is 2. The van der Waals surface area contributed by atoms with Gasteiger partial charge in [-0.15, -0.1) is 0 Å². The predicted molar refractivity (Wildman–Crippen MR) is 97.1 cm³/mol. The lowest BCUT2D eigenvalue weighted by molar-refractivity contribution is -0.159. The minimum Gasteiger partial charge on any atom is -0.452 e. The maximum Gasteiger partial charge on any atom is 0.317 e. The molecule has 4 nitrogen and oxygen atoms in total.